The Labute approximate surface area is 175 Å². The molecule has 158 valence electrons. The summed E-state index contributed by atoms with van der Waals surface area (Å²) >= 11 is 0. The Morgan fingerprint density at radius 1 is 0.967 bits per heavy atom. The smallest absolute Gasteiger partial charge is 0.306 e. The highest BCUT2D eigenvalue weighted by molar-refractivity contribution is 5.98. The number of hydrogen-bond donors (Lipinski definition) is 0. The van der Waals surface area contributed by atoms with E-state index in [4.69, 9.17) is 14.2 Å². The van der Waals surface area contributed by atoms with E-state index < -0.39 is 5.97 Å². The summed E-state index contributed by atoms with van der Waals surface area (Å²) in [6, 6.07) is 14.5. The zero-order valence-corrected chi connectivity index (χ0v) is 17.0. The number of fused-ring (bicyclic) bond motifs is 1. The van der Waals surface area contributed by atoms with Crippen molar-refractivity contribution in [1.82, 2.24) is 4.90 Å². The number of amides is 1. The molecule has 0 fully saturated rings. The molecule has 0 saturated heterocycles. The highest BCUT2D eigenvalue weighted by Gasteiger charge is 2.17. The molecular formula is C23H25NO6. The van der Waals surface area contributed by atoms with Crippen LogP contribution < -0.4 is 9.47 Å². The molecule has 7 nitrogen and oxygen atoms in total. The molecule has 2 aromatic rings. The van der Waals surface area contributed by atoms with Gasteiger partial charge in [-0.15, -0.1) is 0 Å². The molecule has 0 radical (unpaired) electrons. The van der Waals surface area contributed by atoms with Gasteiger partial charge in [-0.1, -0.05) is 30.3 Å². The fourth-order valence-electron chi connectivity index (χ4n) is 2.97. The van der Waals surface area contributed by atoms with Crippen molar-refractivity contribution in [2.45, 2.75) is 25.8 Å². The van der Waals surface area contributed by atoms with E-state index in [-0.39, 0.29) is 31.1 Å². The van der Waals surface area contributed by atoms with E-state index in [9.17, 15) is 14.4 Å². The van der Waals surface area contributed by atoms with E-state index >= 15 is 0 Å². The fourth-order valence-corrected chi connectivity index (χ4v) is 2.97. The molecule has 0 N–H and O–H groups in total. The second kappa shape index (κ2) is 10.4. The van der Waals surface area contributed by atoms with Crippen LogP contribution in [0.4, 0.5) is 0 Å². The lowest BCUT2D eigenvalue weighted by atomic mass is 10.1. The first kappa shape index (κ1) is 21.4. The van der Waals surface area contributed by atoms with Crippen molar-refractivity contribution in [3.63, 3.8) is 0 Å². The Morgan fingerprint density at radius 3 is 2.47 bits per heavy atom. The number of ketones is 1. The summed E-state index contributed by atoms with van der Waals surface area (Å²) in [4.78, 5) is 38.0. The Bertz CT molecular complexity index is 896. The molecule has 1 aliphatic heterocycles. The number of likely N-dealkylation sites (N-methyl/N-ethyl adjacent to an activating group) is 1. The summed E-state index contributed by atoms with van der Waals surface area (Å²) in [5.41, 5.74) is 1.44. The van der Waals surface area contributed by atoms with E-state index in [0.717, 1.165) is 12.0 Å². The zero-order chi connectivity index (χ0) is 21.3. The van der Waals surface area contributed by atoms with Crippen molar-refractivity contribution in [3.05, 3.63) is 59.7 Å². The largest absolute Gasteiger partial charge is 0.490 e. The molecule has 1 amide bonds. The minimum Gasteiger partial charge on any atom is -0.490 e. The van der Waals surface area contributed by atoms with Crippen LogP contribution in [0.3, 0.4) is 0 Å². The van der Waals surface area contributed by atoms with Gasteiger partial charge < -0.3 is 19.1 Å². The topological polar surface area (TPSA) is 82.1 Å². The number of ether oxygens (including phenoxy) is 3. The number of carbonyl (C=O) groups excluding carboxylic acids is 3. The first-order chi connectivity index (χ1) is 14.5. The third-order valence-corrected chi connectivity index (χ3v) is 4.67. The maximum Gasteiger partial charge on any atom is 0.306 e. The molecular weight excluding hydrogens is 386 g/mol. The third kappa shape index (κ3) is 6.07. The lowest BCUT2D eigenvalue weighted by Crippen LogP contribution is -2.30. The van der Waals surface area contributed by atoms with Crippen molar-refractivity contribution in [3.8, 4) is 11.5 Å². The maximum atomic E-state index is 12.4. The average Bonchev–Trinajstić information content (AvgIpc) is 3.01. The minimum absolute atomic E-state index is 0.00742. The van der Waals surface area contributed by atoms with Gasteiger partial charge in [0.05, 0.1) is 19.6 Å². The van der Waals surface area contributed by atoms with E-state index in [0.29, 0.717) is 36.8 Å². The molecule has 0 atom stereocenters. The summed E-state index contributed by atoms with van der Waals surface area (Å²) in [6.45, 7) is 1.19. The molecule has 0 unspecified atom stereocenters. The van der Waals surface area contributed by atoms with Gasteiger partial charge in [0, 0.05) is 32.0 Å². The van der Waals surface area contributed by atoms with Crippen LogP contribution >= 0.6 is 0 Å². The van der Waals surface area contributed by atoms with Crippen molar-refractivity contribution >= 4 is 17.7 Å². The van der Waals surface area contributed by atoms with Gasteiger partial charge in [0.1, 0.15) is 0 Å². The Kier molecular flexibility index (Phi) is 7.43. The Morgan fingerprint density at radius 2 is 1.70 bits per heavy atom. The maximum absolute atomic E-state index is 12.4. The Hall–Kier alpha value is -3.35. The van der Waals surface area contributed by atoms with Gasteiger partial charge in [0.2, 0.25) is 0 Å². The minimum atomic E-state index is -0.584. The number of esters is 1. The normalized spacial score (nSPS) is 12.6. The summed E-state index contributed by atoms with van der Waals surface area (Å²) in [6.07, 6.45) is 0.679. The number of nitrogens with zero attached hydrogens (tertiary/aromatic N) is 1. The van der Waals surface area contributed by atoms with E-state index in [2.05, 4.69) is 0 Å². The summed E-state index contributed by atoms with van der Waals surface area (Å²) in [7, 11) is 1.65. The lowest BCUT2D eigenvalue weighted by Gasteiger charge is -2.17. The SMILES string of the molecule is CN(Cc1ccccc1)C(=O)COC(=O)CCC(=O)c1ccc2c(c1)OCCCO2. The van der Waals surface area contributed by atoms with Crippen LogP contribution in [0, 0.1) is 0 Å². The van der Waals surface area contributed by atoms with Crippen LogP contribution in [0.25, 0.3) is 0 Å². The number of rotatable bonds is 8. The van der Waals surface area contributed by atoms with Gasteiger partial charge in [0.15, 0.2) is 23.9 Å². The second-order valence-corrected chi connectivity index (χ2v) is 7.03. The molecule has 0 aromatic heterocycles. The van der Waals surface area contributed by atoms with Crippen LogP contribution in [0.1, 0.15) is 35.2 Å². The molecule has 0 bridgehead atoms. The van der Waals surface area contributed by atoms with Crippen LogP contribution in [0.15, 0.2) is 48.5 Å². The van der Waals surface area contributed by atoms with Crippen LogP contribution in [-0.2, 0) is 20.9 Å². The lowest BCUT2D eigenvalue weighted by molar-refractivity contribution is -0.151. The summed E-state index contributed by atoms with van der Waals surface area (Å²) in [5, 5.41) is 0. The van der Waals surface area contributed by atoms with Gasteiger partial charge in [-0.25, -0.2) is 0 Å². The standard InChI is InChI=1S/C23H25NO6/c1-24(15-17-6-3-2-4-7-17)22(26)16-30-23(27)11-9-19(25)18-8-10-20-21(14-18)29-13-5-12-28-20/h2-4,6-8,10,14H,5,9,11-13,15-16H2,1H3. The van der Waals surface area contributed by atoms with Crippen molar-refractivity contribution < 1.29 is 28.6 Å². The molecule has 30 heavy (non-hydrogen) atoms. The molecule has 1 aliphatic rings. The molecule has 1 heterocycles. The quantitative estimate of drug-likeness (QED) is 0.491. The van der Waals surface area contributed by atoms with Gasteiger partial charge >= 0.3 is 5.97 Å². The molecule has 0 saturated carbocycles. The first-order valence-corrected chi connectivity index (χ1v) is 9.89. The predicted molar refractivity (Wildman–Crippen MR) is 109 cm³/mol. The highest BCUT2D eigenvalue weighted by Crippen LogP contribution is 2.30. The number of Topliss-reactive ketones (excluding diaryl/α,β-unsaturated/α-hetero) is 1. The highest BCUT2D eigenvalue weighted by atomic mass is 16.5. The predicted octanol–water partition coefficient (Wildman–Crippen LogP) is 3.01. The van der Waals surface area contributed by atoms with E-state index in [1.54, 1.807) is 25.2 Å². The average molecular weight is 411 g/mol. The first-order valence-electron chi connectivity index (χ1n) is 9.89. The molecule has 0 spiro atoms. The van der Waals surface area contributed by atoms with Crippen LogP contribution in [0.5, 0.6) is 11.5 Å². The Balaban J connectivity index is 1.42. The van der Waals surface area contributed by atoms with Crippen LogP contribution in [-0.4, -0.2) is 49.4 Å². The van der Waals surface area contributed by atoms with E-state index in [1.807, 2.05) is 30.3 Å². The molecule has 3 rings (SSSR count). The van der Waals surface area contributed by atoms with Gasteiger partial charge in [-0.2, -0.15) is 0 Å². The van der Waals surface area contributed by atoms with Crippen molar-refractivity contribution in [2.24, 2.45) is 0 Å². The van der Waals surface area contributed by atoms with Gasteiger partial charge in [-0.05, 0) is 23.8 Å². The molecule has 0 aliphatic carbocycles. The van der Waals surface area contributed by atoms with Crippen molar-refractivity contribution in [1.29, 1.82) is 0 Å². The second-order valence-electron chi connectivity index (χ2n) is 7.03. The van der Waals surface area contributed by atoms with E-state index in [1.165, 1.54) is 4.90 Å². The summed E-state index contributed by atoms with van der Waals surface area (Å²) < 4.78 is 16.2. The van der Waals surface area contributed by atoms with Gasteiger partial charge in [-0.3, -0.25) is 14.4 Å². The molecule has 7 heteroatoms. The number of benzene rings is 2. The number of carbonyl (C=O) groups is 3. The molecule has 2 aromatic carbocycles. The van der Waals surface area contributed by atoms with Crippen molar-refractivity contribution in [2.75, 3.05) is 26.9 Å². The third-order valence-electron chi connectivity index (χ3n) is 4.67. The number of hydrogen-bond acceptors (Lipinski definition) is 6. The van der Waals surface area contributed by atoms with Gasteiger partial charge in [0.25, 0.3) is 5.91 Å². The summed E-state index contributed by atoms with van der Waals surface area (Å²) in [5.74, 6) is 0.0604. The fraction of sp³-hybridized carbons (Fsp3) is 0.348. The monoisotopic (exact) mass is 411 g/mol. The zero-order valence-electron chi connectivity index (χ0n) is 17.0. The van der Waals surface area contributed by atoms with Crippen LogP contribution in [0.2, 0.25) is 0 Å².